The number of hydrogen-bond donors (Lipinski definition) is 1. The van der Waals surface area contributed by atoms with Crippen LogP contribution in [0.25, 0.3) is 26.4 Å². The number of nitrogens with one attached hydrogen (secondary N) is 1. The lowest BCUT2D eigenvalue weighted by Gasteiger charge is -2.02. The first-order valence-corrected chi connectivity index (χ1v) is 8.91. The summed E-state index contributed by atoms with van der Waals surface area (Å²) >= 11 is 2.97. The van der Waals surface area contributed by atoms with Crippen LogP contribution < -0.4 is 5.32 Å². The number of carbonyl (C=O) groups is 1. The van der Waals surface area contributed by atoms with Gasteiger partial charge in [-0.05, 0) is 24.3 Å². The van der Waals surface area contributed by atoms with E-state index in [0.717, 1.165) is 20.8 Å². The molecule has 118 valence electrons. The molecule has 0 atom stereocenters. The van der Waals surface area contributed by atoms with Crippen LogP contribution in [0.2, 0.25) is 0 Å². The maximum atomic E-state index is 12.5. The zero-order valence-corrected chi connectivity index (χ0v) is 14.1. The average molecular weight is 354 g/mol. The van der Waals surface area contributed by atoms with Gasteiger partial charge in [0, 0.05) is 24.2 Å². The van der Waals surface area contributed by atoms with E-state index in [1.807, 2.05) is 34.2 Å². The fourth-order valence-electron chi connectivity index (χ4n) is 2.67. The quantitative estimate of drug-likeness (QED) is 0.513. The van der Waals surface area contributed by atoms with E-state index in [-0.39, 0.29) is 5.91 Å². The van der Waals surface area contributed by atoms with Gasteiger partial charge in [-0.3, -0.25) is 9.20 Å². The van der Waals surface area contributed by atoms with E-state index >= 15 is 0 Å². The van der Waals surface area contributed by atoms with Gasteiger partial charge in [0.1, 0.15) is 10.3 Å². The van der Waals surface area contributed by atoms with Crippen LogP contribution >= 0.6 is 22.7 Å². The second-order valence-electron chi connectivity index (χ2n) is 5.34. The minimum absolute atomic E-state index is 0.151. The lowest BCUT2D eigenvalue weighted by Crippen LogP contribution is -2.09. The maximum absolute atomic E-state index is 12.5. The van der Waals surface area contributed by atoms with Crippen molar-refractivity contribution in [2.45, 2.75) is 6.92 Å². The molecule has 0 aliphatic rings. The average Bonchev–Trinajstić information content (AvgIpc) is 3.25. The number of rotatable bonds is 2. The summed E-state index contributed by atoms with van der Waals surface area (Å²) in [6.45, 7) is 1.80. The third kappa shape index (κ3) is 2.04. The normalized spacial score (nSPS) is 11.7. The number of thiazole rings is 1. The van der Waals surface area contributed by atoms with Gasteiger partial charge in [0.15, 0.2) is 16.4 Å². The van der Waals surface area contributed by atoms with E-state index in [1.54, 1.807) is 24.3 Å². The number of aromatic nitrogens is 3. The summed E-state index contributed by atoms with van der Waals surface area (Å²) in [5.41, 5.74) is 3.09. The SMILES string of the molecule is Cc1nc2cc(NC(=O)c3cc4c(nc5sccn54)s3)ccc2o1. The Balaban J connectivity index is 1.48. The minimum Gasteiger partial charge on any atom is -0.441 e. The number of carbonyl (C=O) groups excluding carboxylic acids is 1. The number of imidazole rings is 1. The lowest BCUT2D eigenvalue weighted by molar-refractivity contribution is 0.103. The molecule has 4 aromatic heterocycles. The maximum Gasteiger partial charge on any atom is 0.265 e. The first-order chi connectivity index (χ1) is 11.7. The minimum atomic E-state index is -0.151. The summed E-state index contributed by atoms with van der Waals surface area (Å²) in [7, 11) is 0. The second-order valence-corrected chi connectivity index (χ2v) is 7.24. The summed E-state index contributed by atoms with van der Waals surface area (Å²) < 4.78 is 7.44. The smallest absolute Gasteiger partial charge is 0.265 e. The summed E-state index contributed by atoms with van der Waals surface area (Å²) in [6.07, 6.45) is 1.96. The molecule has 0 bridgehead atoms. The van der Waals surface area contributed by atoms with Gasteiger partial charge in [-0.15, -0.1) is 22.7 Å². The second kappa shape index (κ2) is 4.89. The summed E-state index contributed by atoms with van der Waals surface area (Å²) in [5, 5.41) is 4.89. The first kappa shape index (κ1) is 13.7. The Bertz CT molecular complexity index is 1230. The number of hydrogen-bond acceptors (Lipinski definition) is 6. The van der Waals surface area contributed by atoms with E-state index in [0.29, 0.717) is 22.0 Å². The Kier molecular flexibility index (Phi) is 2.79. The van der Waals surface area contributed by atoms with Gasteiger partial charge in [0.2, 0.25) is 0 Å². The van der Waals surface area contributed by atoms with Gasteiger partial charge < -0.3 is 9.73 Å². The number of benzene rings is 1. The molecular weight excluding hydrogens is 344 g/mol. The van der Waals surface area contributed by atoms with Crippen molar-refractivity contribution >= 4 is 60.7 Å². The molecule has 0 saturated carbocycles. The molecule has 1 amide bonds. The molecule has 1 N–H and O–H groups in total. The van der Waals surface area contributed by atoms with Crippen molar-refractivity contribution in [2.75, 3.05) is 5.32 Å². The molecule has 1 aromatic carbocycles. The third-order valence-corrected chi connectivity index (χ3v) is 5.49. The van der Waals surface area contributed by atoms with Gasteiger partial charge in [-0.2, -0.15) is 0 Å². The fourth-order valence-corrected chi connectivity index (χ4v) is 4.37. The molecule has 0 aliphatic carbocycles. The van der Waals surface area contributed by atoms with E-state index in [1.165, 1.54) is 11.3 Å². The topological polar surface area (TPSA) is 72.4 Å². The van der Waals surface area contributed by atoms with Crippen LogP contribution in [0.4, 0.5) is 5.69 Å². The van der Waals surface area contributed by atoms with Gasteiger partial charge >= 0.3 is 0 Å². The number of nitrogens with zero attached hydrogens (tertiary/aromatic N) is 3. The monoisotopic (exact) mass is 354 g/mol. The van der Waals surface area contributed by atoms with Crippen molar-refractivity contribution in [1.82, 2.24) is 14.4 Å². The summed E-state index contributed by atoms with van der Waals surface area (Å²) in [5.74, 6) is 0.454. The van der Waals surface area contributed by atoms with Crippen molar-refractivity contribution in [1.29, 1.82) is 0 Å². The van der Waals surface area contributed by atoms with Gasteiger partial charge in [-0.25, -0.2) is 9.97 Å². The zero-order valence-electron chi connectivity index (χ0n) is 12.4. The Labute approximate surface area is 143 Å². The van der Waals surface area contributed by atoms with Gasteiger partial charge in [0.25, 0.3) is 5.91 Å². The first-order valence-electron chi connectivity index (χ1n) is 7.21. The van der Waals surface area contributed by atoms with Crippen LogP contribution in [0.15, 0.2) is 40.3 Å². The molecule has 24 heavy (non-hydrogen) atoms. The molecule has 4 heterocycles. The number of aryl methyl sites for hydroxylation is 1. The molecule has 8 heteroatoms. The molecule has 0 spiro atoms. The summed E-state index contributed by atoms with van der Waals surface area (Å²) in [6, 6.07) is 7.30. The highest BCUT2D eigenvalue weighted by Crippen LogP contribution is 2.29. The predicted octanol–water partition coefficient (Wildman–Crippen LogP) is 4.31. The largest absolute Gasteiger partial charge is 0.441 e. The van der Waals surface area contributed by atoms with Crippen molar-refractivity contribution in [2.24, 2.45) is 0 Å². The zero-order chi connectivity index (χ0) is 16.3. The Morgan fingerprint density at radius 2 is 2.21 bits per heavy atom. The van der Waals surface area contributed by atoms with Crippen molar-refractivity contribution in [3.05, 3.63) is 46.6 Å². The Morgan fingerprint density at radius 1 is 1.29 bits per heavy atom. The molecule has 5 rings (SSSR count). The van der Waals surface area contributed by atoms with E-state index in [2.05, 4.69) is 15.3 Å². The van der Waals surface area contributed by atoms with Crippen LogP contribution in [0.1, 0.15) is 15.6 Å². The van der Waals surface area contributed by atoms with Crippen LogP contribution in [-0.4, -0.2) is 20.3 Å². The van der Waals surface area contributed by atoms with E-state index < -0.39 is 0 Å². The molecule has 0 unspecified atom stereocenters. The predicted molar refractivity (Wildman–Crippen MR) is 95.2 cm³/mol. The molecule has 5 aromatic rings. The molecule has 0 radical (unpaired) electrons. The number of anilines is 1. The van der Waals surface area contributed by atoms with Crippen molar-refractivity contribution < 1.29 is 9.21 Å². The number of fused-ring (bicyclic) bond motifs is 4. The Hall–Kier alpha value is -2.71. The van der Waals surface area contributed by atoms with Crippen molar-refractivity contribution in [3.63, 3.8) is 0 Å². The third-order valence-electron chi connectivity index (χ3n) is 3.72. The fraction of sp³-hybridized carbons (Fsp3) is 0.0625. The van der Waals surface area contributed by atoms with Crippen molar-refractivity contribution in [3.8, 4) is 0 Å². The van der Waals surface area contributed by atoms with Gasteiger partial charge in [-0.1, -0.05) is 0 Å². The van der Waals surface area contributed by atoms with Crippen LogP contribution in [-0.2, 0) is 0 Å². The van der Waals surface area contributed by atoms with Crippen LogP contribution in [0.3, 0.4) is 0 Å². The lowest BCUT2D eigenvalue weighted by atomic mass is 10.3. The highest BCUT2D eigenvalue weighted by molar-refractivity contribution is 7.21. The molecule has 6 nitrogen and oxygen atoms in total. The standard InChI is InChI=1S/C16H10N4O2S2/c1-8-17-10-6-9(2-3-12(10)22-8)18-14(21)13-7-11-15(24-13)19-16-20(11)4-5-23-16/h2-7H,1H3,(H,18,21). The number of thiophene rings is 1. The highest BCUT2D eigenvalue weighted by atomic mass is 32.1. The number of amides is 1. The highest BCUT2D eigenvalue weighted by Gasteiger charge is 2.15. The molecule has 0 saturated heterocycles. The van der Waals surface area contributed by atoms with Crippen LogP contribution in [0, 0.1) is 6.92 Å². The molecular formula is C16H10N4O2S2. The number of oxazole rings is 1. The van der Waals surface area contributed by atoms with Gasteiger partial charge in [0.05, 0.1) is 10.4 Å². The van der Waals surface area contributed by atoms with Crippen LogP contribution in [0.5, 0.6) is 0 Å². The van der Waals surface area contributed by atoms with E-state index in [9.17, 15) is 4.79 Å². The Morgan fingerprint density at radius 3 is 3.12 bits per heavy atom. The molecule has 0 fully saturated rings. The molecule has 0 aliphatic heterocycles. The van der Waals surface area contributed by atoms with E-state index in [4.69, 9.17) is 4.42 Å². The summed E-state index contributed by atoms with van der Waals surface area (Å²) in [4.78, 5) is 23.8.